The van der Waals surface area contributed by atoms with Crippen molar-refractivity contribution >= 4 is 23.6 Å². The molecule has 1 amide bonds. The molecule has 3 rings (SSSR count). The predicted octanol–water partition coefficient (Wildman–Crippen LogP) is 3.28. The summed E-state index contributed by atoms with van der Waals surface area (Å²) in [5.74, 6) is 6.47. The highest BCUT2D eigenvalue weighted by Crippen LogP contribution is 2.28. The van der Waals surface area contributed by atoms with Gasteiger partial charge in [-0.1, -0.05) is 41.6 Å². The van der Waals surface area contributed by atoms with Gasteiger partial charge in [-0.2, -0.15) is 0 Å². The molecule has 0 aromatic heterocycles. The van der Waals surface area contributed by atoms with Crippen molar-refractivity contribution in [1.82, 2.24) is 5.32 Å². The summed E-state index contributed by atoms with van der Waals surface area (Å²) in [6.45, 7) is 0.528. The number of rotatable bonds is 2. The summed E-state index contributed by atoms with van der Waals surface area (Å²) in [7, 11) is 0. The summed E-state index contributed by atoms with van der Waals surface area (Å²) in [6, 6.07) is 15.0. The fourth-order valence-electron chi connectivity index (χ4n) is 2.19. The SMILES string of the molecule is O=C(NCC#Cc1ccccc1)C1=Cc2cc(Cl)ccc2OC1. The molecular formula is C19H14ClNO2. The number of ether oxygens (including phenoxy) is 1. The second-order valence-electron chi connectivity index (χ2n) is 4.99. The van der Waals surface area contributed by atoms with Gasteiger partial charge in [-0.25, -0.2) is 0 Å². The number of fused-ring (bicyclic) bond motifs is 1. The predicted molar refractivity (Wildman–Crippen MR) is 91.3 cm³/mol. The summed E-state index contributed by atoms with van der Waals surface area (Å²) in [4.78, 5) is 12.1. The van der Waals surface area contributed by atoms with E-state index >= 15 is 0 Å². The van der Waals surface area contributed by atoms with Gasteiger partial charge < -0.3 is 10.1 Å². The van der Waals surface area contributed by atoms with Crippen LogP contribution in [0.1, 0.15) is 11.1 Å². The molecule has 0 spiro atoms. The van der Waals surface area contributed by atoms with E-state index in [0.29, 0.717) is 10.6 Å². The Labute approximate surface area is 139 Å². The number of nitrogens with one attached hydrogen (secondary N) is 1. The number of hydrogen-bond donors (Lipinski definition) is 1. The van der Waals surface area contributed by atoms with Crippen molar-refractivity contribution in [2.75, 3.05) is 13.2 Å². The molecule has 0 saturated heterocycles. The maximum atomic E-state index is 12.1. The Kier molecular flexibility index (Phi) is 4.65. The van der Waals surface area contributed by atoms with Crippen LogP contribution in [0.3, 0.4) is 0 Å². The fraction of sp³-hybridized carbons (Fsp3) is 0.105. The van der Waals surface area contributed by atoms with Crippen molar-refractivity contribution in [2.24, 2.45) is 0 Å². The normalized spacial score (nSPS) is 12.1. The second-order valence-corrected chi connectivity index (χ2v) is 5.43. The molecule has 0 radical (unpaired) electrons. The molecular weight excluding hydrogens is 310 g/mol. The van der Waals surface area contributed by atoms with E-state index in [1.54, 1.807) is 24.3 Å². The molecule has 0 bridgehead atoms. The molecule has 0 unspecified atom stereocenters. The quantitative estimate of drug-likeness (QED) is 0.861. The summed E-state index contributed by atoms with van der Waals surface area (Å²) >= 11 is 5.96. The van der Waals surface area contributed by atoms with E-state index in [-0.39, 0.29) is 19.1 Å². The van der Waals surface area contributed by atoms with E-state index in [4.69, 9.17) is 16.3 Å². The van der Waals surface area contributed by atoms with Crippen LogP contribution in [-0.2, 0) is 4.79 Å². The van der Waals surface area contributed by atoms with Crippen LogP contribution in [0.5, 0.6) is 5.75 Å². The van der Waals surface area contributed by atoms with Crippen LogP contribution in [0.25, 0.3) is 6.08 Å². The standard InChI is InChI=1S/C19H14ClNO2/c20-17-8-9-18-15(12-17)11-16(13-23-18)19(22)21-10-4-7-14-5-2-1-3-6-14/h1-3,5-6,8-9,11-12H,10,13H2,(H,21,22). The van der Waals surface area contributed by atoms with Crippen LogP contribution in [0.15, 0.2) is 54.1 Å². The number of halogens is 1. The van der Waals surface area contributed by atoms with Crippen LogP contribution < -0.4 is 10.1 Å². The van der Waals surface area contributed by atoms with Gasteiger partial charge in [0.1, 0.15) is 12.4 Å². The maximum Gasteiger partial charge on any atom is 0.251 e. The highest BCUT2D eigenvalue weighted by Gasteiger charge is 2.16. The van der Waals surface area contributed by atoms with Crippen molar-refractivity contribution < 1.29 is 9.53 Å². The van der Waals surface area contributed by atoms with Crippen molar-refractivity contribution in [2.45, 2.75) is 0 Å². The van der Waals surface area contributed by atoms with Gasteiger partial charge in [0, 0.05) is 16.1 Å². The first-order valence-corrected chi connectivity index (χ1v) is 7.55. The van der Waals surface area contributed by atoms with Crippen LogP contribution in [-0.4, -0.2) is 19.1 Å². The zero-order chi connectivity index (χ0) is 16.1. The lowest BCUT2D eigenvalue weighted by Crippen LogP contribution is -2.28. The lowest BCUT2D eigenvalue weighted by molar-refractivity contribution is -0.117. The van der Waals surface area contributed by atoms with Gasteiger partial charge in [-0.3, -0.25) is 4.79 Å². The molecule has 4 heteroatoms. The van der Waals surface area contributed by atoms with E-state index in [2.05, 4.69) is 17.2 Å². The molecule has 23 heavy (non-hydrogen) atoms. The lowest BCUT2D eigenvalue weighted by Gasteiger charge is -2.17. The summed E-state index contributed by atoms with van der Waals surface area (Å²) < 4.78 is 5.56. The molecule has 114 valence electrons. The average Bonchev–Trinajstić information content (AvgIpc) is 2.58. The van der Waals surface area contributed by atoms with Crippen molar-refractivity contribution in [3.05, 3.63) is 70.3 Å². The fourth-order valence-corrected chi connectivity index (χ4v) is 2.37. The summed E-state index contributed by atoms with van der Waals surface area (Å²) in [6.07, 6.45) is 1.80. The molecule has 0 fully saturated rings. The van der Waals surface area contributed by atoms with Gasteiger partial charge in [0.2, 0.25) is 0 Å². The zero-order valence-electron chi connectivity index (χ0n) is 12.3. The van der Waals surface area contributed by atoms with Gasteiger partial charge in [0.15, 0.2) is 0 Å². The molecule has 1 aliphatic heterocycles. The molecule has 1 N–H and O–H groups in total. The summed E-state index contributed by atoms with van der Waals surface area (Å²) in [5.41, 5.74) is 2.29. The number of carbonyl (C=O) groups excluding carboxylic acids is 1. The third kappa shape index (κ3) is 3.94. The van der Waals surface area contributed by atoms with E-state index in [1.165, 1.54) is 0 Å². The molecule has 1 heterocycles. The zero-order valence-corrected chi connectivity index (χ0v) is 13.1. The average molecular weight is 324 g/mol. The van der Waals surface area contributed by atoms with Crippen LogP contribution >= 0.6 is 11.6 Å². The highest BCUT2D eigenvalue weighted by atomic mass is 35.5. The molecule has 1 aliphatic rings. The smallest absolute Gasteiger partial charge is 0.251 e. The van der Waals surface area contributed by atoms with Gasteiger partial charge in [-0.05, 0) is 36.4 Å². The van der Waals surface area contributed by atoms with Crippen LogP contribution in [0, 0.1) is 11.8 Å². The third-order valence-electron chi connectivity index (χ3n) is 3.32. The Hall–Kier alpha value is -2.70. The monoisotopic (exact) mass is 323 g/mol. The minimum atomic E-state index is -0.182. The van der Waals surface area contributed by atoms with E-state index < -0.39 is 0 Å². The summed E-state index contributed by atoms with van der Waals surface area (Å²) in [5, 5.41) is 3.38. The topological polar surface area (TPSA) is 38.3 Å². The van der Waals surface area contributed by atoms with Gasteiger partial charge in [-0.15, -0.1) is 0 Å². The minimum Gasteiger partial charge on any atom is -0.488 e. The van der Waals surface area contributed by atoms with Crippen molar-refractivity contribution in [1.29, 1.82) is 0 Å². The molecule has 0 atom stereocenters. The minimum absolute atomic E-state index is 0.182. The second kappa shape index (κ2) is 7.04. The van der Waals surface area contributed by atoms with E-state index in [9.17, 15) is 4.79 Å². The van der Waals surface area contributed by atoms with E-state index in [0.717, 1.165) is 16.9 Å². The lowest BCUT2D eigenvalue weighted by atomic mass is 10.1. The van der Waals surface area contributed by atoms with E-state index in [1.807, 2.05) is 30.3 Å². The maximum absolute atomic E-state index is 12.1. The molecule has 0 aliphatic carbocycles. The Balaban J connectivity index is 1.62. The number of carbonyl (C=O) groups is 1. The van der Waals surface area contributed by atoms with Gasteiger partial charge >= 0.3 is 0 Å². The Bertz CT molecular complexity index is 816. The molecule has 3 nitrogen and oxygen atoms in total. The Morgan fingerprint density at radius 3 is 2.87 bits per heavy atom. The first-order chi connectivity index (χ1) is 11.2. The highest BCUT2D eigenvalue weighted by molar-refractivity contribution is 6.30. The molecule has 0 saturated carbocycles. The number of benzene rings is 2. The Morgan fingerprint density at radius 2 is 2.04 bits per heavy atom. The number of hydrogen-bond acceptors (Lipinski definition) is 2. The van der Waals surface area contributed by atoms with Crippen LogP contribution in [0.2, 0.25) is 5.02 Å². The first-order valence-electron chi connectivity index (χ1n) is 7.17. The largest absolute Gasteiger partial charge is 0.488 e. The van der Waals surface area contributed by atoms with Crippen molar-refractivity contribution in [3.8, 4) is 17.6 Å². The third-order valence-corrected chi connectivity index (χ3v) is 3.56. The number of amides is 1. The molecule has 2 aromatic rings. The Morgan fingerprint density at radius 1 is 1.22 bits per heavy atom. The first kappa shape index (κ1) is 15.2. The van der Waals surface area contributed by atoms with Gasteiger partial charge in [0.25, 0.3) is 5.91 Å². The van der Waals surface area contributed by atoms with Crippen LogP contribution in [0.4, 0.5) is 0 Å². The van der Waals surface area contributed by atoms with Crippen molar-refractivity contribution in [3.63, 3.8) is 0 Å². The molecule has 2 aromatic carbocycles. The van der Waals surface area contributed by atoms with Gasteiger partial charge in [0.05, 0.1) is 12.1 Å².